The quantitative estimate of drug-likeness (QED) is 0.693. The normalized spacial score (nSPS) is 10.5. The lowest BCUT2D eigenvalue weighted by Crippen LogP contribution is -1.98. The van der Waals surface area contributed by atoms with Gasteiger partial charge in [0, 0.05) is 19.3 Å². The third-order valence-electron chi connectivity index (χ3n) is 1.85. The van der Waals surface area contributed by atoms with Crippen LogP contribution in [-0.4, -0.2) is 17.0 Å². The molecule has 0 unspecified atom stereocenters. The van der Waals surface area contributed by atoms with Gasteiger partial charge in [-0.05, 0) is 54.5 Å². The zero-order valence-corrected chi connectivity index (χ0v) is 13.4. The van der Waals surface area contributed by atoms with Gasteiger partial charge in [-0.25, -0.2) is 9.97 Å². The number of anilines is 1. The molecule has 0 aliphatic heterocycles. The van der Waals surface area contributed by atoms with E-state index in [1.54, 1.807) is 6.20 Å². The molecule has 0 amide bonds. The topological polar surface area (TPSA) is 51.0 Å². The molecule has 1 N–H and O–H groups in total. The van der Waals surface area contributed by atoms with Crippen LogP contribution >= 0.6 is 54.5 Å². The SMILES string of the molecule is CNc1nc(-c2cc(Br)c(Br)o2)ncc1I. The van der Waals surface area contributed by atoms with Gasteiger partial charge in [-0.3, -0.25) is 0 Å². The Balaban J connectivity index is 2.48. The van der Waals surface area contributed by atoms with Crippen molar-refractivity contribution in [1.82, 2.24) is 9.97 Å². The van der Waals surface area contributed by atoms with Crippen LogP contribution in [0.25, 0.3) is 11.6 Å². The average molecular weight is 459 g/mol. The van der Waals surface area contributed by atoms with Gasteiger partial charge >= 0.3 is 0 Å². The summed E-state index contributed by atoms with van der Waals surface area (Å²) < 4.78 is 7.90. The van der Waals surface area contributed by atoms with Gasteiger partial charge in [0.2, 0.25) is 0 Å². The molecule has 0 fully saturated rings. The van der Waals surface area contributed by atoms with Crippen molar-refractivity contribution in [1.29, 1.82) is 0 Å². The van der Waals surface area contributed by atoms with E-state index in [1.807, 2.05) is 13.1 Å². The Morgan fingerprint density at radius 3 is 2.75 bits per heavy atom. The maximum atomic E-state index is 5.45. The minimum Gasteiger partial charge on any atom is -0.445 e. The molecule has 0 aliphatic rings. The van der Waals surface area contributed by atoms with Crippen molar-refractivity contribution in [3.8, 4) is 11.6 Å². The lowest BCUT2D eigenvalue weighted by atomic mass is 10.4. The predicted octanol–water partition coefficient (Wildman–Crippen LogP) is 3.91. The Hall–Kier alpha value is -0.150. The maximum Gasteiger partial charge on any atom is 0.197 e. The van der Waals surface area contributed by atoms with E-state index in [1.165, 1.54) is 0 Å². The molecule has 7 heteroatoms. The summed E-state index contributed by atoms with van der Waals surface area (Å²) in [5.74, 6) is 1.96. The van der Waals surface area contributed by atoms with Crippen LogP contribution in [0.15, 0.2) is 25.8 Å². The first-order valence-electron chi connectivity index (χ1n) is 4.27. The minimum atomic E-state index is 0.552. The molecule has 84 valence electrons. The Morgan fingerprint density at radius 1 is 1.44 bits per heavy atom. The second-order valence-electron chi connectivity index (χ2n) is 2.87. The van der Waals surface area contributed by atoms with Crippen LogP contribution in [0, 0.1) is 3.57 Å². The smallest absolute Gasteiger partial charge is 0.197 e. The van der Waals surface area contributed by atoms with Crippen LogP contribution in [0.3, 0.4) is 0 Å². The van der Waals surface area contributed by atoms with Crippen molar-refractivity contribution in [3.63, 3.8) is 0 Å². The Kier molecular flexibility index (Phi) is 3.85. The fraction of sp³-hybridized carbons (Fsp3) is 0.111. The second kappa shape index (κ2) is 5.01. The van der Waals surface area contributed by atoms with Gasteiger partial charge in [0.1, 0.15) is 5.82 Å². The lowest BCUT2D eigenvalue weighted by molar-refractivity contribution is 0.549. The van der Waals surface area contributed by atoms with Gasteiger partial charge in [-0.2, -0.15) is 0 Å². The van der Waals surface area contributed by atoms with Crippen LogP contribution in [-0.2, 0) is 0 Å². The summed E-state index contributed by atoms with van der Waals surface area (Å²) in [6.45, 7) is 0. The fourth-order valence-electron chi connectivity index (χ4n) is 1.12. The van der Waals surface area contributed by atoms with E-state index in [2.05, 4.69) is 69.7 Å². The number of halogens is 3. The highest BCUT2D eigenvalue weighted by atomic mass is 127. The van der Waals surface area contributed by atoms with Crippen molar-refractivity contribution in [3.05, 3.63) is 25.0 Å². The van der Waals surface area contributed by atoms with Crippen LogP contribution in [0.2, 0.25) is 0 Å². The van der Waals surface area contributed by atoms with Crippen LogP contribution in [0.1, 0.15) is 0 Å². The van der Waals surface area contributed by atoms with Gasteiger partial charge in [0.05, 0.1) is 8.04 Å². The van der Waals surface area contributed by atoms with E-state index in [0.717, 1.165) is 13.9 Å². The summed E-state index contributed by atoms with van der Waals surface area (Å²) >= 11 is 8.80. The molecule has 0 aliphatic carbocycles. The molecule has 0 atom stereocenters. The second-order valence-corrected chi connectivity index (χ2v) is 5.61. The largest absolute Gasteiger partial charge is 0.445 e. The third-order valence-corrected chi connectivity index (χ3v) is 4.35. The van der Waals surface area contributed by atoms with E-state index in [0.29, 0.717) is 16.3 Å². The van der Waals surface area contributed by atoms with E-state index < -0.39 is 0 Å². The van der Waals surface area contributed by atoms with Crippen molar-refractivity contribution >= 4 is 60.3 Å². The molecule has 2 aromatic rings. The molecule has 16 heavy (non-hydrogen) atoms. The van der Waals surface area contributed by atoms with Crippen molar-refractivity contribution < 1.29 is 4.42 Å². The number of nitrogens with zero attached hydrogens (tertiary/aromatic N) is 2. The first kappa shape index (κ1) is 12.3. The van der Waals surface area contributed by atoms with Crippen molar-refractivity contribution in [2.24, 2.45) is 0 Å². The predicted molar refractivity (Wildman–Crippen MR) is 77.4 cm³/mol. The van der Waals surface area contributed by atoms with Crippen molar-refractivity contribution in [2.75, 3.05) is 12.4 Å². The number of rotatable bonds is 2. The van der Waals surface area contributed by atoms with Gasteiger partial charge in [-0.1, -0.05) is 0 Å². The first-order chi connectivity index (χ1) is 7.61. The molecule has 0 aromatic carbocycles. The van der Waals surface area contributed by atoms with E-state index in [-0.39, 0.29) is 0 Å². The van der Waals surface area contributed by atoms with Gasteiger partial charge in [-0.15, -0.1) is 0 Å². The monoisotopic (exact) mass is 457 g/mol. The van der Waals surface area contributed by atoms with E-state index in [4.69, 9.17) is 4.42 Å². The highest BCUT2D eigenvalue weighted by molar-refractivity contribution is 14.1. The van der Waals surface area contributed by atoms with E-state index in [9.17, 15) is 0 Å². The number of aromatic nitrogens is 2. The minimum absolute atomic E-state index is 0.552. The summed E-state index contributed by atoms with van der Waals surface area (Å²) in [5, 5.41) is 3.00. The first-order valence-corrected chi connectivity index (χ1v) is 6.93. The van der Waals surface area contributed by atoms with Gasteiger partial charge in [0.15, 0.2) is 16.3 Å². The summed E-state index contributed by atoms with van der Waals surface area (Å²) in [7, 11) is 1.82. The lowest BCUT2D eigenvalue weighted by Gasteiger charge is -2.02. The van der Waals surface area contributed by atoms with Gasteiger partial charge < -0.3 is 9.73 Å². The Morgan fingerprint density at radius 2 is 2.19 bits per heavy atom. The molecule has 0 bridgehead atoms. The van der Waals surface area contributed by atoms with Crippen LogP contribution in [0.5, 0.6) is 0 Å². The third kappa shape index (κ3) is 2.40. The average Bonchev–Trinajstić information content (AvgIpc) is 2.60. The number of hydrogen-bond acceptors (Lipinski definition) is 4. The fourth-order valence-corrected chi connectivity index (χ4v) is 2.23. The number of furan rings is 1. The summed E-state index contributed by atoms with van der Waals surface area (Å²) in [6, 6.07) is 1.83. The van der Waals surface area contributed by atoms with Crippen molar-refractivity contribution in [2.45, 2.75) is 0 Å². The number of hydrogen-bond donors (Lipinski definition) is 1. The molecular formula is C9H6Br2IN3O. The molecule has 4 nitrogen and oxygen atoms in total. The van der Waals surface area contributed by atoms with Crippen LogP contribution in [0.4, 0.5) is 5.82 Å². The highest BCUT2D eigenvalue weighted by Crippen LogP contribution is 2.31. The zero-order chi connectivity index (χ0) is 11.7. The summed E-state index contributed by atoms with van der Waals surface area (Å²) in [5.41, 5.74) is 0. The maximum absolute atomic E-state index is 5.45. The molecule has 0 saturated heterocycles. The summed E-state index contributed by atoms with van der Waals surface area (Å²) in [4.78, 5) is 8.57. The molecule has 0 saturated carbocycles. The number of nitrogens with one attached hydrogen (secondary N) is 1. The van der Waals surface area contributed by atoms with Gasteiger partial charge in [0.25, 0.3) is 0 Å². The molecule has 2 rings (SSSR count). The highest BCUT2D eigenvalue weighted by Gasteiger charge is 2.12. The molecular weight excluding hydrogens is 453 g/mol. The molecule has 2 aromatic heterocycles. The summed E-state index contributed by atoms with van der Waals surface area (Å²) in [6.07, 6.45) is 1.75. The zero-order valence-electron chi connectivity index (χ0n) is 8.09. The molecule has 0 radical (unpaired) electrons. The standard InChI is InChI=1S/C9H6Br2IN3O/c1-13-8-5(12)3-14-9(15-8)6-2-4(10)7(11)16-6/h2-3H,1H3,(H,13,14,15). The van der Waals surface area contributed by atoms with Crippen LogP contribution < -0.4 is 5.32 Å². The molecule has 2 heterocycles. The Bertz CT molecular complexity index is 510. The van der Waals surface area contributed by atoms with E-state index >= 15 is 0 Å². The Labute approximate surface area is 123 Å². The molecule has 0 spiro atoms.